The predicted octanol–water partition coefficient (Wildman–Crippen LogP) is 1.87. The molecular weight excluding hydrogens is 284 g/mol. The average Bonchev–Trinajstić information content (AvgIpc) is 2.49. The molecule has 1 saturated heterocycles. The molecule has 0 bridgehead atoms. The molecule has 5 heteroatoms. The molecule has 2 rings (SSSR count). The molecule has 1 aliphatic carbocycles. The van der Waals surface area contributed by atoms with Crippen LogP contribution in [-0.2, 0) is 4.79 Å². The number of likely N-dealkylation sites (tertiary alicyclic amines) is 1. The molecule has 2 N–H and O–H groups in total. The van der Waals surface area contributed by atoms with E-state index in [1.165, 1.54) is 6.42 Å². The summed E-state index contributed by atoms with van der Waals surface area (Å²) in [6.45, 7) is 4.01. The molecule has 0 aromatic carbocycles. The van der Waals surface area contributed by atoms with Crippen molar-refractivity contribution in [3.63, 3.8) is 0 Å². The molecule has 0 spiro atoms. The van der Waals surface area contributed by atoms with Crippen LogP contribution >= 0.6 is 11.8 Å². The second kappa shape index (κ2) is 8.39. The SMILES string of the molecule is CSCC(C)C(=O)NC1CCN(C2CCCCC2O)CC1. The summed E-state index contributed by atoms with van der Waals surface area (Å²) in [6.07, 6.45) is 8.41. The number of aliphatic hydroxyl groups is 1. The fourth-order valence-electron chi connectivity index (χ4n) is 3.56. The molecule has 1 amide bonds. The van der Waals surface area contributed by atoms with Crippen molar-refractivity contribution in [2.24, 2.45) is 5.92 Å². The van der Waals surface area contributed by atoms with Crippen LogP contribution in [0, 0.1) is 5.92 Å². The highest BCUT2D eigenvalue weighted by Gasteiger charge is 2.31. The van der Waals surface area contributed by atoms with E-state index >= 15 is 0 Å². The van der Waals surface area contributed by atoms with Crippen molar-refractivity contribution in [2.75, 3.05) is 25.1 Å². The molecule has 0 aromatic rings. The molecule has 21 heavy (non-hydrogen) atoms. The minimum Gasteiger partial charge on any atom is -0.391 e. The zero-order chi connectivity index (χ0) is 15.2. The van der Waals surface area contributed by atoms with E-state index in [-0.39, 0.29) is 17.9 Å². The summed E-state index contributed by atoms with van der Waals surface area (Å²) in [5.74, 6) is 1.18. The van der Waals surface area contributed by atoms with Gasteiger partial charge in [0, 0.05) is 36.8 Å². The largest absolute Gasteiger partial charge is 0.391 e. The quantitative estimate of drug-likeness (QED) is 0.813. The molecule has 2 fully saturated rings. The van der Waals surface area contributed by atoms with Crippen molar-refractivity contribution < 1.29 is 9.90 Å². The molecule has 0 radical (unpaired) electrons. The third-order valence-electron chi connectivity index (χ3n) is 4.90. The van der Waals surface area contributed by atoms with Gasteiger partial charge in [0.05, 0.1) is 6.10 Å². The Labute approximate surface area is 133 Å². The first-order chi connectivity index (χ1) is 10.1. The van der Waals surface area contributed by atoms with Crippen LogP contribution in [0.5, 0.6) is 0 Å². The number of amides is 1. The number of nitrogens with zero attached hydrogens (tertiary/aromatic N) is 1. The van der Waals surface area contributed by atoms with E-state index in [1.807, 2.05) is 13.2 Å². The predicted molar refractivity (Wildman–Crippen MR) is 88.5 cm³/mol. The Kier molecular flexibility index (Phi) is 6.83. The molecule has 4 nitrogen and oxygen atoms in total. The van der Waals surface area contributed by atoms with Gasteiger partial charge in [-0.1, -0.05) is 19.8 Å². The molecule has 1 saturated carbocycles. The molecule has 1 aliphatic heterocycles. The number of carbonyl (C=O) groups is 1. The van der Waals surface area contributed by atoms with Gasteiger partial charge in [0.2, 0.25) is 5.91 Å². The lowest BCUT2D eigenvalue weighted by Crippen LogP contribution is -2.52. The first-order valence-corrected chi connectivity index (χ1v) is 9.72. The number of hydrogen-bond donors (Lipinski definition) is 2. The van der Waals surface area contributed by atoms with Gasteiger partial charge >= 0.3 is 0 Å². The molecule has 0 aromatic heterocycles. The summed E-state index contributed by atoms with van der Waals surface area (Å²) < 4.78 is 0. The minimum atomic E-state index is -0.147. The van der Waals surface area contributed by atoms with E-state index in [1.54, 1.807) is 11.8 Å². The molecule has 2 aliphatic rings. The van der Waals surface area contributed by atoms with E-state index in [9.17, 15) is 9.90 Å². The highest BCUT2D eigenvalue weighted by Crippen LogP contribution is 2.26. The third kappa shape index (κ3) is 4.86. The average molecular weight is 314 g/mol. The van der Waals surface area contributed by atoms with Gasteiger partial charge in [0.15, 0.2) is 0 Å². The van der Waals surface area contributed by atoms with E-state index in [2.05, 4.69) is 10.2 Å². The number of hydrogen-bond acceptors (Lipinski definition) is 4. The highest BCUT2D eigenvalue weighted by molar-refractivity contribution is 7.98. The van der Waals surface area contributed by atoms with E-state index in [0.29, 0.717) is 12.1 Å². The van der Waals surface area contributed by atoms with Gasteiger partial charge < -0.3 is 10.4 Å². The van der Waals surface area contributed by atoms with Gasteiger partial charge in [-0.15, -0.1) is 0 Å². The van der Waals surface area contributed by atoms with Crippen molar-refractivity contribution >= 4 is 17.7 Å². The molecule has 3 unspecified atom stereocenters. The van der Waals surface area contributed by atoms with E-state index in [0.717, 1.165) is 50.9 Å². The normalized spacial score (nSPS) is 30.0. The number of nitrogens with one attached hydrogen (secondary N) is 1. The third-order valence-corrected chi connectivity index (χ3v) is 5.74. The maximum absolute atomic E-state index is 12.1. The monoisotopic (exact) mass is 314 g/mol. The van der Waals surface area contributed by atoms with Crippen molar-refractivity contribution in [3.8, 4) is 0 Å². The smallest absolute Gasteiger partial charge is 0.223 e. The molecular formula is C16H30N2O2S. The minimum absolute atomic E-state index is 0.0956. The molecule has 3 atom stereocenters. The van der Waals surface area contributed by atoms with E-state index < -0.39 is 0 Å². The Morgan fingerprint density at radius 2 is 1.95 bits per heavy atom. The summed E-state index contributed by atoms with van der Waals surface area (Å²) in [5.41, 5.74) is 0. The van der Waals surface area contributed by atoms with Crippen molar-refractivity contribution in [3.05, 3.63) is 0 Å². The fourth-order valence-corrected chi connectivity index (χ4v) is 4.21. The second-order valence-electron chi connectivity index (χ2n) is 6.59. The first kappa shape index (κ1) is 17.1. The van der Waals surface area contributed by atoms with E-state index in [4.69, 9.17) is 0 Å². The van der Waals surface area contributed by atoms with Crippen LogP contribution < -0.4 is 5.32 Å². The highest BCUT2D eigenvalue weighted by atomic mass is 32.2. The van der Waals surface area contributed by atoms with Crippen LogP contribution in [0.4, 0.5) is 0 Å². The van der Waals surface area contributed by atoms with Gasteiger partial charge in [-0.05, 0) is 31.9 Å². The fraction of sp³-hybridized carbons (Fsp3) is 0.938. The van der Waals surface area contributed by atoms with Crippen molar-refractivity contribution in [1.29, 1.82) is 0 Å². The number of carbonyl (C=O) groups excluding carboxylic acids is 1. The Bertz CT molecular complexity index is 332. The Hall–Kier alpha value is -0.260. The molecule has 1 heterocycles. The lowest BCUT2D eigenvalue weighted by molar-refractivity contribution is -0.125. The first-order valence-electron chi connectivity index (χ1n) is 8.33. The Morgan fingerprint density at radius 3 is 2.57 bits per heavy atom. The van der Waals surface area contributed by atoms with Crippen LogP contribution in [0.2, 0.25) is 0 Å². The topological polar surface area (TPSA) is 52.6 Å². The lowest BCUT2D eigenvalue weighted by atomic mass is 9.89. The number of thioether (sulfide) groups is 1. The van der Waals surface area contributed by atoms with Crippen molar-refractivity contribution in [1.82, 2.24) is 10.2 Å². The van der Waals surface area contributed by atoms with Gasteiger partial charge in [-0.25, -0.2) is 0 Å². The zero-order valence-corrected chi connectivity index (χ0v) is 14.2. The number of piperidine rings is 1. The zero-order valence-electron chi connectivity index (χ0n) is 13.4. The summed E-state index contributed by atoms with van der Waals surface area (Å²) in [4.78, 5) is 14.5. The van der Waals surface area contributed by atoms with Gasteiger partial charge in [-0.2, -0.15) is 11.8 Å². The van der Waals surface area contributed by atoms with Crippen molar-refractivity contribution in [2.45, 2.75) is 63.6 Å². The maximum atomic E-state index is 12.1. The van der Waals surface area contributed by atoms with Crippen LogP contribution in [0.25, 0.3) is 0 Å². The Morgan fingerprint density at radius 1 is 1.29 bits per heavy atom. The maximum Gasteiger partial charge on any atom is 0.223 e. The summed E-state index contributed by atoms with van der Waals surface area (Å²) in [7, 11) is 0. The standard InChI is InChI=1S/C16H30N2O2S/c1-12(11-21-2)16(20)17-13-7-9-18(10-8-13)14-5-3-4-6-15(14)19/h12-15,19H,3-11H2,1-2H3,(H,17,20). The van der Waals surface area contributed by atoms with Crippen LogP contribution in [0.15, 0.2) is 0 Å². The van der Waals surface area contributed by atoms with Gasteiger partial charge in [0.1, 0.15) is 0 Å². The molecule has 122 valence electrons. The summed E-state index contributed by atoms with van der Waals surface area (Å²) in [6, 6.07) is 0.671. The van der Waals surface area contributed by atoms with Gasteiger partial charge in [0.25, 0.3) is 0 Å². The van der Waals surface area contributed by atoms with Crippen LogP contribution in [0.1, 0.15) is 45.4 Å². The lowest BCUT2D eigenvalue weighted by Gasteiger charge is -2.41. The number of rotatable bonds is 5. The van der Waals surface area contributed by atoms with Crippen LogP contribution in [0.3, 0.4) is 0 Å². The summed E-state index contributed by atoms with van der Waals surface area (Å²) in [5, 5.41) is 13.3. The van der Waals surface area contributed by atoms with Gasteiger partial charge in [-0.3, -0.25) is 9.69 Å². The number of aliphatic hydroxyl groups excluding tert-OH is 1. The second-order valence-corrected chi connectivity index (χ2v) is 7.51. The van der Waals surface area contributed by atoms with Crippen LogP contribution in [-0.4, -0.2) is 59.2 Å². The Balaban J connectivity index is 1.74. The summed E-state index contributed by atoms with van der Waals surface area (Å²) >= 11 is 1.72.